The van der Waals surface area contributed by atoms with Crippen LogP contribution in [0, 0.1) is 25.2 Å². The van der Waals surface area contributed by atoms with Crippen LogP contribution in [-0.2, 0) is 10.0 Å². The van der Waals surface area contributed by atoms with E-state index in [9.17, 15) is 8.42 Å². The third-order valence-electron chi connectivity index (χ3n) is 3.04. The molecule has 0 saturated heterocycles. The summed E-state index contributed by atoms with van der Waals surface area (Å²) >= 11 is 0. The van der Waals surface area contributed by atoms with Crippen LogP contribution in [0.4, 0.5) is 11.4 Å². The van der Waals surface area contributed by atoms with Crippen molar-refractivity contribution in [1.29, 1.82) is 5.26 Å². The maximum Gasteiger partial charge on any atom is 0.262 e. The quantitative estimate of drug-likeness (QED) is 0.851. The van der Waals surface area contributed by atoms with Crippen LogP contribution in [0.5, 0.6) is 0 Å². The number of nitrogen functional groups attached to an aromatic ring is 1. The van der Waals surface area contributed by atoms with Gasteiger partial charge in [0.1, 0.15) is 0 Å². The number of nitriles is 1. The minimum absolute atomic E-state index is 0.205. The van der Waals surface area contributed by atoms with Crippen molar-refractivity contribution in [1.82, 2.24) is 0 Å². The Hall–Kier alpha value is -2.52. The minimum atomic E-state index is -3.72. The monoisotopic (exact) mass is 301 g/mol. The highest BCUT2D eigenvalue weighted by Gasteiger charge is 2.18. The van der Waals surface area contributed by atoms with E-state index in [1.54, 1.807) is 25.1 Å². The molecule has 2 aromatic rings. The molecule has 0 radical (unpaired) electrons. The highest BCUT2D eigenvalue weighted by Crippen LogP contribution is 2.25. The fraction of sp³-hybridized carbons (Fsp3) is 0.133. The molecule has 0 aliphatic carbocycles. The first-order valence-electron chi connectivity index (χ1n) is 6.23. The Kier molecular flexibility index (Phi) is 3.87. The van der Waals surface area contributed by atoms with Crippen molar-refractivity contribution in [2.75, 3.05) is 10.5 Å². The van der Waals surface area contributed by atoms with Crippen LogP contribution in [0.3, 0.4) is 0 Å². The van der Waals surface area contributed by atoms with E-state index in [2.05, 4.69) is 4.72 Å². The molecule has 5 nitrogen and oxygen atoms in total. The van der Waals surface area contributed by atoms with E-state index in [1.807, 2.05) is 13.0 Å². The first-order chi connectivity index (χ1) is 9.83. The largest absolute Gasteiger partial charge is 0.397 e. The molecule has 2 aromatic carbocycles. The molecule has 0 aromatic heterocycles. The molecule has 0 atom stereocenters. The smallest absolute Gasteiger partial charge is 0.262 e. The average Bonchev–Trinajstić information content (AvgIpc) is 2.40. The van der Waals surface area contributed by atoms with Gasteiger partial charge in [-0.15, -0.1) is 0 Å². The summed E-state index contributed by atoms with van der Waals surface area (Å²) < 4.78 is 27.3. The van der Waals surface area contributed by atoms with Crippen LogP contribution < -0.4 is 10.5 Å². The van der Waals surface area contributed by atoms with Crippen LogP contribution in [0.25, 0.3) is 0 Å². The fourth-order valence-electron chi connectivity index (χ4n) is 2.03. The second kappa shape index (κ2) is 5.46. The number of rotatable bonds is 3. The molecule has 0 bridgehead atoms. The van der Waals surface area contributed by atoms with Crippen LogP contribution in [0.1, 0.15) is 16.7 Å². The molecule has 0 fully saturated rings. The summed E-state index contributed by atoms with van der Waals surface area (Å²) in [6, 6.07) is 11.5. The number of nitrogens with two attached hydrogens (primary N) is 1. The first kappa shape index (κ1) is 14.9. The van der Waals surface area contributed by atoms with E-state index in [0.717, 1.165) is 5.56 Å². The zero-order valence-electron chi connectivity index (χ0n) is 11.7. The van der Waals surface area contributed by atoms with Gasteiger partial charge < -0.3 is 5.73 Å². The number of hydrogen-bond acceptors (Lipinski definition) is 4. The Balaban J connectivity index is 2.40. The summed E-state index contributed by atoms with van der Waals surface area (Å²) in [7, 11) is -3.72. The molecule has 0 heterocycles. The van der Waals surface area contributed by atoms with Gasteiger partial charge in [-0.05, 0) is 43.7 Å². The Morgan fingerprint density at radius 2 is 1.86 bits per heavy atom. The van der Waals surface area contributed by atoms with Gasteiger partial charge in [0.15, 0.2) is 0 Å². The lowest BCUT2D eigenvalue weighted by Crippen LogP contribution is -2.15. The summed E-state index contributed by atoms with van der Waals surface area (Å²) in [6.07, 6.45) is 0. The van der Waals surface area contributed by atoms with E-state index in [-0.39, 0.29) is 16.3 Å². The molecule has 3 N–H and O–H groups in total. The molecule has 0 amide bonds. The van der Waals surface area contributed by atoms with Crippen molar-refractivity contribution >= 4 is 21.4 Å². The number of anilines is 2. The highest BCUT2D eigenvalue weighted by molar-refractivity contribution is 7.92. The lowest BCUT2D eigenvalue weighted by molar-refractivity contribution is 0.600. The number of hydrogen-bond donors (Lipinski definition) is 2. The van der Waals surface area contributed by atoms with E-state index in [0.29, 0.717) is 11.1 Å². The van der Waals surface area contributed by atoms with E-state index < -0.39 is 10.0 Å². The summed E-state index contributed by atoms with van der Waals surface area (Å²) in [6.45, 7) is 3.64. The molecule has 0 aliphatic heterocycles. The minimum Gasteiger partial charge on any atom is -0.397 e. The summed E-state index contributed by atoms with van der Waals surface area (Å²) in [5.74, 6) is 0. The van der Waals surface area contributed by atoms with E-state index in [4.69, 9.17) is 11.0 Å². The zero-order valence-corrected chi connectivity index (χ0v) is 12.5. The van der Waals surface area contributed by atoms with E-state index in [1.165, 1.54) is 18.2 Å². The second-order valence-electron chi connectivity index (χ2n) is 4.79. The predicted molar refractivity (Wildman–Crippen MR) is 82.3 cm³/mol. The lowest BCUT2D eigenvalue weighted by Gasteiger charge is -2.12. The molecule has 0 spiro atoms. The van der Waals surface area contributed by atoms with Crippen molar-refractivity contribution in [3.63, 3.8) is 0 Å². The molecule has 2 rings (SSSR count). The summed E-state index contributed by atoms with van der Waals surface area (Å²) in [4.78, 5) is 0.205. The number of benzene rings is 2. The molecule has 108 valence electrons. The Morgan fingerprint density at radius 1 is 1.14 bits per heavy atom. The van der Waals surface area contributed by atoms with Crippen molar-refractivity contribution in [3.05, 3.63) is 53.1 Å². The van der Waals surface area contributed by atoms with Gasteiger partial charge >= 0.3 is 0 Å². The van der Waals surface area contributed by atoms with E-state index >= 15 is 0 Å². The van der Waals surface area contributed by atoms with Gasteiger partial charge in [0.2, 0.25) is 0 Å². The standard InChI is InChI=1S/C15H15N3O2S/c1-10-3-6-15(11(2)7-10)21(19,20)18-14-5-4-12(9-16)8-13(14)17/h3-8,18H,17H2,1-2H3. The highest BCUT2D eigenvalue weighted by atomic mass is 32.2. The average molecular weight is 301 g/mol. The van der Waals surface area contributed by atoms with Gasteiger partial charge in [-0.2, -0.15) is 5.26 Å². The Bertz CT molecular complexity index is 836. The third kappa shape index (κ3) is 3.15. The molecular formula is C15H15N3O2S. The van der Waals surface area contributed by atoms with Crippen molar-refractivity contribution in [3.8, 4) is 6.07 Å². The molecular weight excluding hydrogens is 286 g/mol. The maximum absolute atomic E-state index is 12.4. The van der Waals surface area contributed by atoms with Crippen LogP contribution in [0.2, 0.25) is 0 Å². The number of sulfonamides is 1. The van der Waals surface area contributed by atoms with Crippen LogP contribution in [-0.4, -0.2) is 8.42 Å². The van der Waals surface area contributed by atoms with Crippen molar-refractivity contribution in [2.24, 2.45) is 0 Å². The Morgan fingerprint density at radius 3 is 2.43 bits per heavy atom. The predicted octanol–water partition coefficient (Wildman–Crippen LogP) is 2.56. The van der Waals surface area contributed by atoms with Crippen LogP contribution >= 0.6 is 0 Å². The topological polar surface area (TPSA) is 96.0 Å². The molecule has 21 heavy (non-hydrogen) atoms. The zero-order chi connectivity index (χ0) is 15.6. The Labute approximate surface area is 124 Å². The molecule has 0 aliphatic rings. The second-order valence-corrected chi connectivity index (χ2v) is 6.44. The van der Waals surface area contributed by atoms with Gasteiger partial charge in [0.25, 0.3) is 10.0 Å². The summed E-state index contributed by atoms with van der Waals surface area (Å²) in [5.41, 5.74) is 8.26. The maximum atomic E-state index is 12.4. The molecule has 6 heteroatoms. The summed E-state index contributed by atoms with van der Waals surface area (Å²) in [5, 5.41) is 8.78. The van der Waals surface area contributed by atoms with Gasteiger partial charge in [0.05, 0.1) is 27.9 Å². The molecule has 0 saturated carbocycles. The van der Waals surface area contributed by atoms with Gasteiger partial charge in [-0.3, -0.25) is 4.72 Å². The third-order valence-corrected chi connectivity index (χ3v) is 4.57. The SMILES string of the molecule is Cc1ccc(S(=O)(=O)Nc2ccc(C#N)cc2N)c(C)c1. The molecule has 0 unspecified atom stereocenters. The van der Waals surface area contributed by atoms with Gasteiger partial charge in [-0.25, -0.2) is 8.42 Å². The first-order valence-corrected chi connectivity index (χ1v) is 7.71. The fourth-order valence-corrected chi connectivity index (χ4v) is 3.34. The number of aryl methyl sites for hydroxylation is 2. The van der Waals surface area contributed by atoms with Gasteiger partial charge in [-0.1, -0.05) is 17.7 Å². The van der Waals surface area contributed by atoms with Crippen LogP contribution in [0.15, 0.2) is 41.3 Å². The van der Waals surface area contributed by atoms with Gasteiger partial charge in [0, 0.05) is 0 Å². The normalized spacial score (nSPS) is 10.9. The van der Waals surface area contributed by atoms with Crippen molar-refractivity contribution in [2.45, 2.75) is 18.7 Å². The van der Waals surface area contributed by atoms with Crippen molar-refractivity contribution < 1.29 is 8.42 Å². The number of nitrogens with one attached hydrogen (secondary N) is 1. The lowest BCUT2D eigenvalue weighted by atomic mass is 10.2. The number of nitrogens with zero attached hydrogens (tertiary/aromatic N) is 1.